The van der Waals surface area contributed by atoms with Gasteiger partial charge in [0.15, 0.2) is 11.5 Å². The lowest BCUT2D eigenvalue weighted by Gasteiger charge is -2.43. The van der Waals surface area contributed by atoms with Crippen molar-refractivity contribution >= 4 is 11.6 Å². The fourth-order valence-corrected chi connectivity index (χ4v) is 4.36. The van der Waals surface area contributed by atoms with Gasteiger partial charge in [-0.2, -0.15) is 0 Å². The van der Waals surface area contributed by atoms with Crippen LogP contribution < -0.4 is 25.3 Å². The van der Waals surface area contributed by atoms with Crippen molar-refractivity contribution in [3.05, 3.63) is 12.1 Å². The molecule has 25 heavy (non-hydrogen) atoms. The van der Waals surface area contributed by atoms with Crippen molar-refractivity contribution in [2.24, 2.45) is 23.5 Å². The Kier molecular flexibility index (Phi) is 5.37. The number of carbonyl (C=O) groups is 1. The average molecular weight is 348 g/mol. The van der Waals surface area contributed by atoms with Gasteiger partial charge in [-0.15, -0.1) is 0 Å². The number of nitrogens with one attached hydrogen (secondary N) is 1. The van der Waals surface area contributed by atoms with Crippen molar-refractivity contribution in [2.75, 3.05) is 26.6 Å². The van der Waals surface area contributed by atoms with Gasteiger partial charge in [0.25, 0.3) is 0 Å². The molecule has 138 valence electrons. The van der Waals surface area contributed by atoms with Gasteiger partial charge in [-0.3, -0.25) is 4.79 Å². The summed E-state index contributed by atoms with van der Waals surface area (Å²) in [5.41, 5.74) is 6.93. The number of methoxy groups -OCH3 is 3. The van der Waals surface area contributed by atoms with E-state index in [9.17, 15) is 4.79 Å². The summed E-state index contributed by atoms with van der Waals surface area (Å²) in [6, 6.07) is 3.72. The molecule has 1 amide bonds. The Morgan fingerprint density at radius 1 is 1.00 bits per heavy atom. The van der Waals surface area contributed by atoms with Crippen LogP contribution in [-0.4, -0.2) is 33.3 Å². The smallest absolute Gasteiger partial charge is 0.227 e. The summed E-state index contributed by atoms with van der Waals surface area (Å²) in [6.07, 6.45) is 5.27. The number of hydrogen-bond acceptors (Lipinski definition) is 5. The molecule has 1 aromatic rings. The van der Waals surface area contributed by atoms with Gasteiger partial charge in [-0.05, 0) is 37.5 Å². The molecule has 1 aromatic carbocycles. The van der Waals surface area contributed by atoms with Crippen molar-refractivity contribution in [1.29, 1.82) is 0 Å². The van der Waals surface area contributed by atoms with E-state index in [-0.39, 0.29) is 17.9 Å². The normalized spacial score (nSPS) is 28.2. The summed E-state index contributed by atoms with van der Waals surface area (Å²) >= 11 is 0. The lowest BCUT2D eigenvalue weighted by Crippen LogP contribution is -2.48. The van der Waals surface area contributed by atoms with E-state index >= 15 is 0 Å². The van der Waals surface area contributed by atoms with Crippen molar-refractivity contribution in [3.8, 4) is 17.2 Å². The Labute approximate surface area is 149 Å². The Hall–Kier alpha value is -1.95. The molecular weight excluding hydrogens is 320 g/mol. The summed E-state index contributed by atoms with van der Waals surface area (Å²) in [5, 5.41) is 3.02. The molecule has 2 saturated carbocycles. The molecule has 2 unspecified atom stereocenters. The topological polar surface area (TPSA) is 82.8 Å². The Morgan fingerprint density at radius 2 is 1.56 bits per heavy atom. The van der Waals surface area contributed by atoms with Crippen LogP contribution in [0.4, 0.5) is 5.69 Å². The predicted molar refractivity (Wildman–Crippen MR) is 96.3 cm³/mol. The number of fused-ring (bicyclic) bond motifs is 2. The fraction of sp³-hybridized carbons (Fsp3) is 0.632. The number of hydrogen-bond donors (Lipinski definition) is 2. The minimum absolute atomic E-state index is 0.00732. The van der Waals surface area contributed by atoms with E-state index in [4.69, 9.17) is 19.9 Å². The third kappa shape index (κ3) is 3.54. The lowest BCUT2D eigenvalue weighted by molar-refractivity contribution is -0.122. The van der Waals surface area contributed by atoms with Crippen molar-refractivity contribution in [1.82, 2.24) is 0 Å². The maximum Gasteiger partial charge on any atom is 0.227 e. The first kappa shape index (κ1) is 17.9. The number of anilines is 1. The lowest BCUT2D eigenvalue weighted by atomic mass is 9.65. The summed E-state index contributed by atoms with van der Waals surface area (Å²) in [6.45, 7) is 0. The maximum absolute atomic E-state index is 12.8. The SMILES string of the molecule is COc1cc(OC)c(OC)cc1NC(=O)C1CC2CCCC(C1)C2N. The molecule has 0 heterocycles. The van der Waals surface area contributed by atoms with E-state index in [0.717, 1.165) is 25.7 Å². The molecule has 2 fully saturated rings. The molecular formula is C19H28N2O4. The summed E-state index contributed by atoms with van der Waals surface area (Å²) in [5.74, 6) is 2.66. The molecule has 3 N–H and O–H groups in total. The molecule has 2 bridgehead atoms. The van der Waals surface area contributed by atoms with E-state index in [2.05, 4.69) is 5.32 Å². The Bertz CT molecular complexity index is 620. The second-order valence-corrected chi connectivity index (χ2v) is 7.09. The number of carbonyl (C=O) groups excluding carboxylic acids is 1. The van der Waals surface area contributed by atoms with Crippen LogP contribution >= 0.6 is 0 Å². The van der Waals surface area contributed by atoms with Crippen molar-refractivity contribution in [3.63, 3.8) is 0 Å². The molecule has 6 nitrogen and oxygen atoms in total. The zero-order valence-electron chi connectivity index (χ0n) is 15.2. The van der Waals surface area contributed by atoms with Crippen LogP contribution in [0, 0.1) is 17.8 Å². The van der Waals surface area contributed by atoms with Crippen LogP contribution in [-0.2, 0) is 4.79 Å². The number of rotatable bonds is 5. The summed E-state index contributed by atoms with van der Waals surface area (Å²) < 4.78 is 16.0. The molecule has 3 rings (SSSR count). The Balaban J connectivity index is 1.76. The third-order valence-electron chi connectivity index (χ3n) is 5.75. The highest BCUT2D eigenvalue weighted by atomic mass is 16.5. The van der Waals surface area contributed by atoms with Gasteiger partial charge in [0.1, 0.15) is 5.75 Å². The maximum atomic E-state index is 12.8. The largest absolute Gasteiger partial charge is 0.494 e. The van der Waals surface area contributed by atoms with Crippen LogP contribution in [0.15, 0.2) is 12.1 Å². The van der Waals surface area contributed by atoms with Gasteiger partial charge in [0.2, 0.25) is 5.91 Å². The molecule has 2 aliphatic carbocycles. The summed E-state index contributed by atoms with van der Waals surface area (Å²) in [4.78, 5) is 12.8. The van der Waals surface area contributed by atoms with Crippen molar-refractivity contribution < 1.29 is 19.0 Å². The molecule has 0 aromatic heterocycles. The minimum atomic E-state index is 0.00732. The van der Waals surface area contributed by atoms with E-state index in [1.54, 1.807) is 33.5 Å². The van der Waals surface area contributed by atoms with Gasteiger partial charge in [-0.1, -0.05) is 6.42 Å². The van der Waals surface area contributed by atoms with Crippen molar-refractivity contribution in [2.45, 2.75) is 38.1 Å². The Morgan fingerprint density at radius 3 is 2.12 bits per heavy atom. The minimum Gasteiger partial charge on any atom is -0.494 e. The molecule has 2 atom stereocenters. The van der Waals surface area contributed by atoms with Crippen LogP contribution in [0.2, 0.25) is 0 Å². The third-order valence-corrected chi connectivity index (χ3v) is 5.75. The second-order valence-electron chi connectivity index (χ2n) is 7.09. The summed E-state index contributed by atoms with van der Waals surface area (Å²) in [7, 11) is 4.71. The monoisotopic (exact) mass is 348 g/mol. The van der Waals surface area contributed by atoms with Gasteiger partial charge in [0.05, 0.1) is 27.0 Å². The van der Waals surface area contributed by atoms with Crippen LogP contribution in [0.5, 0.6) is 17.2 Å². The second kappa shape index (κ2) is 7.52. The average Bonchev–Trinajstić information content (AvgIpc) is 2.60. The molecule has 2 aliphatic rings. The highest BCUT2D eigenvalue weighted by molar-refractivity contribution is 5.94. The highest BCUT2D eigenvalue weighted by Crippen LogP contribution is 2.43. The van der Waals surface area contributed by atoms with Crippen LogP contribution in [0.1, 0.15) is 32.1 Å². The zero-order valence-corrected chi connectivity index (χ0v) is 15.2. The van der Waals surface area contributed by atoms with Gasteiger partial charge in [0, 0.05) is 24.1 Å². The zero-order chi connectivity index (χ0) is 18.0. The van der Waals surface area contributed by atoms with E-state index in [1.165, 1.54) is 6.42 Å². The molecule has 0 spiro atoms. The first-order valence-electron chi connectivity index (χ1n) is 8.93. The standard InChI is InChI=1S/C19H28N2O4/c1-23-15-10-17(25-3)16(24-2)9-14(15)21-19(22)13-7-11-5-4-6-12(8-13)18(11)20/h9-13,18H,4-8,20H2,1-3H3,(H,21,22). The fourth-order valence-electron chi connectivity index (χ4n) is 4.36. The van der Waals surface area contributed by atoms with Crippen LogP contribution in [0.25, 0.3) is 0 Å². The van der Waals surface area contributed by atoms with Crippen LogP contribution in [0.3, 0.4) is 0 Å². The first-order valence-corrected chi connectivity index (χ1v) is 8.93. The molecule has 6 heteroatoms. The molecule has 0 radical (unpaired) electrons. The number of ether oxygens (including phenoxy) is 3. The van der Waals surface area contributed by atoms with E-state index in [1.807, 2.05) is 0 Å². The van der Waals surface area contributed by atoms with Gasteiger partial charge < -0.3 is 25.3 Å². The van der Waals surface area contributed by atoms with E-state index < -0.39 is 0 Å². The van der Waals surface area contributed by atoms with Gasteiger partial charge in [-0.25, -0.2) is 0 Å². The number of amides is 1. The predicted octanol–water partition coefficient (Wildman–Crippen LogP) is 2.80. The molecule has 0 saturated heterocycles. The van der Waals surface area contributed by atoms with E-state index in [0.29, 0.717) is 34.8 Å². The quantitative estimate of drug-likeness (QED) is 0.855. The van der Waals surface area contributed by atoms with Gasteiger partial charge >= 0.3 is 0 Å². The molecule has 0 aliphatic heterocycles. The first-order chi connectivity index (χ1) is 12.1. The number of benzene rings is 1. The highest BCUT2D eigenvalue weighted by Gasteiger charge is 2.40. The number of nitrogens with two attached hydrogens (primary N) is 1.